The summed E-state index contributed by atoms with van der Waals surface area (Å²) in [6.07, 6.45) is 3.62. The molecule has 1 N–H and O–H groups in total. The van der Waals surface area contributed by atoms with Crippen molar-refractivity contribution in [1.82, 2.24) is 4.90 Å². The molecule has 1 aliphatic heterocycles. The molecule has 0 saturated carbocycles. The van der Waals surface area contributed by atoms with Gasteiger partial charge in [0, 0.05) is 24.3 Å². The van der Waals surface area contributed by atoms with E-state index in [1.54, 1.807) is 0 Å². The third-order valence-electron chi connectivity index (χ3n) is 4.79. The average molecular weight is 413 g/mol. The molecule has 0 bridgehead atoms. The average Bonchev–Trinajstić information content (AvgIpc) is 2.73. The summed E-state index contributed by atoms with van der Waals surface area (Å²) in [5, 5.41) is 2.84. The molecule has 2 aromatic carbocycles. The number of hydrogen-bond donors (Lipinski definition) is 1. The molecular weight excluding hydrogens is 384 g/mol. The normalized spacial score (nSPS) is 13.7. The number of benzene rings is 2. The third-order valence-corrected chi connectivity index (χ3v) is 5.29. The van der Waals surface area contributed by atoms with Gasteiger partial charge in [0.2, 0.25) is 0 Å². The molecule has 29 heavy (non-hydrogen) atoms. The summed E-state index contributed by atoms with van der Waals surface area (Å²) >= 11 is 5.68. The second kappa shape index (κ2) is 10.3. The van der Waals surface area contributed by atoms with Crippen molar-refractivity contribution in [2.45, 2.75) is 33.1 Å². The van der Waals surface area contributed by atoms with E-state index in [9.17, 15) is 4.79 Å². The van der Waals surface area contributed by atoms with E-state index >= 15 is 0 Å². The molecule has 1 saturated heterocycles. The van der Waals surface area contributed by atoms with Crippen LogP contribution in [-0.2, 0) is 4.79 Å². The molecule has 1 heterocycles. The quantitative estimate of drug-likeness (QED) is 0.675. The summed E-state index contributed by atoms with van der Waals surface area (Å²) in [7, 11) is 0. The number of carbonyl (C=O) groups excluding carboxylic acids is 1. The van der Waals surface area contributed by atoms with Crippen LogP contribution in [0.1, 0.15) is 37.3 Å². The van der Waals surface area contributed by atoms with Crippen molar-refractivity contribution in [3.05, 3.63) is 53.6 Å². The zero-order chi connectivity index (χ0) is 20.6. The molecule has 154 valence electrons. The van der Waals surface area contributed by atoms with E-state index in [1.807, 2.05) is 56.3 Å². The number of nitrogens with zero attached hydrogens (tertiary/aromatic N) is 1. The number of anilines is 1. The predicted octanol–water partition coefficient (Wildman–Crippen LogP) is 4.57. The van der Waals surface area contributed by atoms with Gasteiger partial charge in [0.15, 0.2) is 18.1 Å². The number of aryl methyl sites for hydroxylation is 1. The van der Waals surface area contributed by atoms with Gasteiger partial charge < -0.3 is 19.7 Å². The van der Waals surface area contributed by atoms with Crippen LogP contribution in [0.15, 0.2) is 42.5 Å². The third kappa shape index (κ3) is 5.94. The minimum Gasteiger partial charge on any atom is -0.490 e. The summed E-state index contributed by atoms with van der Waals surface area (Å²) in [6.45, 7) is 6.32. The molecule has 3 rings (SSSR count). The van der Waals surface area contributed by atoms with Gasteiger partial charge in [-0.15, -0.1) is 0 Å². The number of amides is 1. The lowest BCUT2D eigenvalue weighted by Gasteiger charge is -2.29. The van der Waals surface area contributed by atoms with Gasteiger partial charge in [-0.25, -0.2) is 0 Å². The molecule has 0 unspecified atom stereocenters. The molecule has 1 aliphatic rings. The molecule has 0 aliphatic carbocycles. The van der Waals surface area contributed by atoms with Crippen molar-refractivity contribution in [3.63, 3.8) is 0 Å². The van der Waals surface area contributed by atoms with Crippen molar-refractivity contribution in [1.29, 1.82) is 0 Å². The lowest BCUT2D eigenvalue weighted by molar-refractivity contribution is -0.118. The van der Waals surface area contributed by atoms with Crippen LogP contribution in [0.25, 0.3) is 0 Å². The summed E-state index contributed by atoms with van der Waals surface area (Å²) < 4.78 is 11.5. The molecule has 0 aromatic heterocycles. The summed E-state index contributed by atoms with van der Waals surface area (Å²) in [5.41, 5.74) is 2.79. The maximum absolute atomic E-state index is 12.2. The van der Waals surface area contributed by atoms with Crippen molar-refractivity contribution in [3.8, 4) is 11.5 Å². The minimum atomic E-state index is -0.217. The standard InChI is InChI=1S/C23H28N2O3S/c1-3-27-21-15-18(23(29)25-12-5-4-6-13-25)10-11-20(21)28-16-22(26)24-19-9-7-8-17(2)14-19/h7-11,14-15H,3-6,12-13,16H2,1-2H3,(H,24,26). The topological polar surface area (TPSA) is 50.8 Å². The van der Waals surface area contributed by atoms with E-state index < -0.39 is 0 Å². The fraction of sp³-hybridized carbons (Fsp3) is 0.391. The molecule has 5 nitrogen and oxygen atoms in total. The van der Waals surface area contributed by atoms with E-state index in [0.29, 0.717) is 18.1 Å². The molecule has 1 amide bonds. The maximum Gasteiger partial charge on any atom is 0.262 e. The number of hydrogen-bond acceptors (Lipinski definition) is 4. The number of rotatable bonds is 7. The Morgan fingerprint density at radius 3 is 2.59 bits per heavy atom. The Balaban J connectivity index is 1.65. The highest BCUT2D eigenvalue weighted by molar-refractivity contribution is 7.80. The van der Waals surface area contributed by atoms with Crippen LogP contribution in [0, 0.1) is 6.92 Å². The van der Waals surface area contributed by atoms with Gasteiger partial charge in [0.05, 0.1) is 6.61 Å². The smallest absolute Gasteiger partial charge is 0.262 e. The number of likely N-dealkylation sites (tertiary alicyclic amines) is 1. The van der Waals surface area contributed by atoms with E-state index in [4.69, 9.17) is 21.7 Å². The zero-order valence-corrected chi connectivity index (χ0v) is 17.9. The van der Waals surface area contributed by atoms with Gasteiger partial charge in [-0.3, -0.25) is 4.79 Å². The number of nitrogens with one attached hydrogen (secondary N) is 1. The van der Waals surface area contributed by atoms with Crippen LogP contribution >= 0.6 is 12.2 Å². The highest BCUT2D eigenvalue weighted by Crippen LogP contribution is 2.30. The van der Waals surface area contributed by atoms with E-state index in [1.165, 1.54) is 19.3 Å². The lowest BCUT2D eigenvalue weighted by atomic mass is 10.1. The second-order valence-electron chi connectivity index (χ2n) is 7.15. The van der Waals surface area contributed by atoms with E-state index in [0.717, 1.165) is 34.9 Å². The van der Waals surface area contributed by atoms with Crippen LogP contribution in [0.3, 0.4) is 0 Å². The first kappa shape index (κ1) is 21.1. The van der Waals surface area contributed by atoms with Gasteiger partial charge in [-0.05, 0) is 69.0 Å². The first-order valence-electron chi connectivity index (χ1n) is 10.1. The van der Waals surface area contributed by atoms with Crippen LogP contribution in [-0.4, -0.2) is 42.1 Å². The highest BCUT2D eigenvalue weighted by atomic mass is 32.1. The highest BCUT2D eigenvalue weighted by Gasteiger charge is 2.17. The van der Waals surface area contributed by atoms with Crippen molar-refractivity contribution in [2.75, 3.05) is 31.6 Å². The van der Waals surface area contributed by atoms with Crippen LogP contribution < -0.4 is 14.8 Å². The van der Waals surface area contributed by atoms with E-state index in [2.05, 4.69) is 10.2 Å². The molecule has 2 aromatic rings. The fourth-order valence-electron chi connectivity index (χ4n) is 3.37. The molecule has 6 heteroatoms. The Kier molecular flexibility index (Phi) is 7.47. The fourth-order valence-corrected chi connectivity index (χ4v) is 3.68. The molecule has 0 radical (unpaired) electrons. The SMILES string of the molecule is CCOc1cc(C(=S)N2CCCCC2)ccc1OCC(=O)Nc1cccc(C)c1. The summed E-state index contributed by atoms with van der Waals surface area (Å²) in [6, 6.07) is 13.3. The van der Waals surface area contributed by atoms with Crippen molar-refractivity contribution in [2.24, 2.45) is 0 Å². The Morgan fingerprint density at radius 2 is 1.86 bits per heavy atom. The summed E-state index contributed by atoms with van der Waals surface area (Å²) in [5.74, 6) is 0.926. The second-order valence-corrected chi connectivity index (χ2v) is 7.54. The number of carbonyl (C=O) groups is 1. The first-order valence-corrected chi connectivity index (χ1v) is 10.5. The van der Waals surface area contributed by atoms with Crippen molar-refractivity contribution < 1.29 is 14.3 Å². The number of ether oxygens (including phenoxy) is 2. The van der Waals surface area contributed by atoms with E-state index in [-0.39, 0.29) is 12.5 Å². The van der Waals surface area contributed by atoms with Crippen LogP contribution in [0.4, 0.5) is 5.69 Å². The van der Waals surface area contributed by atoms with Crippen LogP contribution in [0.2, 0.25) is 0 Å². The Hall–Kier alpha value is -2.60. The number of piperidine rings is 1. The molecular formula is C23H28N2O3S. The van der Waals surface area contributed by atoms with Crippen molar-refractivity contribution >= 4 is 28.8 Å². The molecule has 1 fully saturated rings. The largest absolute Gasteiger partial charge is 0.490 e. The number of thiocarbonyl (C=S) groups is 1. The zero-order valence-electron chi connectivity index (χ0n) is 17.1. The summed E-state index contributed by atoms with van der Waals surface area (Å²) in [4.78, 5) is 15.3. The van der Waals surface area contributed by atoms with Gasteiger partial charge in [0.25, 0.3) is 5.91 Å². The lowest BCUT2D eigenvalue weighted by Crippen LogP contribution is -2.34. The van der Waals surface area contributed by atoms with Gasteiger partial charge >= 0.3 is 0 Å². The first-order chi connectivity index (χ1) is 14.1. The predicted molar refractivity (Wildman–Crippen MR) is 120 cm³/mol. The molecule has 0 atom stereocenters. The van der Waals surface area contributed by atoms with Gasteiger partial charge in [-0.2, -0.15) is 0 Å². The Bertz CT molecular complexity index is 863. The monoisotopic (exact) mass is 412 g/mol. The Morgan fingerprint density at radius 1 is 1.07 bits per heavy atom. The van der Waals surface area contributed by atoms with Gasteiger partial charge in [0.1, 0.15) is 4.99 Å². The minimum absolute atomic E-state index is 0.0933. The van der Waals surface area contributed by atoms with Gasteiger partial charge in [-0.1, -0.05) is 24.4 Å². The molecule has 0 spiro atoms. The van der Waals surface area contributed by atoms with Crippen LogP contribution in [0.5, 0.6) is 11.5 Å². The maximum atomic E-state index is 12.2. The Labute approximate surface area is 178 Å².